The van der Waals surface area contributed by atoms with Crippen LogP contribution >= 0.6 is 24.0 Å². The molecule has 2 fully saturated rings. The van der Waals surface area contributed by atoms with Crippen molar-refractivity contribution < 1.29 is 4.74 Å². The molecular formula is C21H44IN5O. The van der Waals surface area contributed by atoms with Gasteiger partial charge in [-0.2, -0.15) is 0 Å². The molecule has 1 saturated heterocycles. The zero-order valence-corrected chi connectivity index (χ0v) is 20.8. The van der Waals surface area contributed by atoms with Crippen LogP contribution in [0.15, 0.2) is 4.99 Å². The van der Waals surface area contributed by atoms with Crippen LogP contribution in [0.25, 0.3) is 0 Å². The zero-order valence-electron chi connectivity index (χ0n) is 18.5. The van der Waals surface area contributed by atoms with E-state index in [9.17, 15) is 0 Å². The lowest BCUT2D eigenvalue weighted by Gasteiger charge is -2.30. The van der Waals surface area contributed by atoms with E-state index in [-0.39, 0.29) is 24.0 Å². The van der Waals surface area contributed by atoms with Crippen LogP contribution < -0.4 is 10.6 Å². The van der Waals surface area contributed by atoms with Gasteiger partial charge in [-0.05, 0) is 71.1 Å². The highest BCUT2D eigenvalue weighted by atomic mass is 127. The fourth-order valence-corrected chi connectivity index (χ4v) is 4.40. The summed E-state index contributed by atoms with van der Waals surface area (Å²) in [6.45, 7) is 11.8. The van der Waals surface area contributed by atoms with Gasteiger partial charge in [-0.25, -0.2) is 0 Å². The maximum atomic E-state index is 5.62. The van der Waals surface area contributed by atoms with Crippen LogP contribution in [0.3, 0.4) is 0 Å². The van der Waals surface area contributed by atoms with E-state index < -0.39 is 0 Å². The highest BCUT2D eigenvalue weighted by Gasteiger charge is 2.33. The summed E-state index contributed by atoms with van der Waals surface area (Å²) in [6, 6.07) is 0. The standard InChI is InChI=1S/C21H43N5O.HI/c1-4-27-18-11-21(9-5-6-10-21)19-24-20(22-2)23-12-7-14-26-15-8-13-25(3)16-17-26;/h4-19H2,1-3H3,(H2,22,23,24);1H. The van der Waals surface area contributed by atoms with Crippen molar-refractivity contribution in [2.75, 3.05) is 73.1 Å². The Hall–Kier alpha value is -0.120. The molecule has 28 heavy (non-hydrogen) atoms. The molecule has 0 amide bonds. The lowest BCUT2D eigenvalue weighted by atomic mass is 9.83. The summed E-state index contributed by atoms with van der Waals surface area (Å²) in [5.74, 6) is 0.952. The van der Waals surface area contributed by atoms with Gasteiger partial charge in [0.15, 0.2) is 5.96 Å². The van der Waals surface area contributed by atoms with Crippen molar-refractivity contribution in [1.29, 1.82) is 0 Å². The van der Waals surface area contributed by atoms with Gasteiger partial charge < -0.3 is 25.2 Å². The van der Waals surface area contributed by atoms with Crippen LogP contribution in [-0.2, 0) is 4.74 Å². The number of likely N-dealkylation sites (N-methyl/N-ethyl adjacent to an activating group) is 1. The topological polar surface area (TPSA) is 52.1 Å². The number of hydrogen-bond acceptors (Lipinski definition) is 4. The van der Waals surface area contributed by atoms with Gasteiger partial charge in [0.1, 0.15) is 0 Å². The van der Waals surface area contributed by atoms with Crippen molar-refractivity contribution in [2.45, 2.75) is 51.9 Å². The van der Waals surface area contributed by atoms with Crippen molar-refractivity contribution in [3.8, 4) is 0 Å². The normalized spacial score (nSPS) is 21.2. The molecule has 0 aromatic rings. The first-order chi connectivity index (χ1) is 13.2. The molecule has 0 radical (unpaired) electrons. The van der Waals surface area contributed by atoms with E-state index in [4.69, 9.17) is 4.74 Å². The second-order valence-electron chi connectivity index (χ2n) is 8.36. The molecule has 2 rings (SSSR count). The molecule has 6 nitrogen and oxygen atoms in total. The maximum absolute atomic E-state index is 5.62. The molecule has 0 aromatic heterocycles. The third-order valence-corrected chi connectivity index (χ3v) is 6.26. The Labute approximate surface area is 190 Å². The predicted octanol–water partition coefficient (Wildman–Crippen LogP) is 2.78. The van der Waals surface area contributed by atoms with Gasteiger partial charge in [0, 0.05) is 46.4 Å². The number of ether oxygens (including phenoxy) is 1. The number of nitrogens with one attached hydrogen (secondary N) is 2. The minimum absolute atomic E-state index is 0. The molecule has 1 aliphatic carbocycles. The van der Waals surface area contributed by atoms with Crippen LogP contribution in [0, 0.1) is 5.41 Å². The third-order valence-electron chi connectivity index (χ3n) is 6.26. The first-order valence-corrected chi connectivity index (χ1v) is 11.1. The number of hydrogen-bond donors (Lipinski definition) is 2. The highest BCUT2D eigenvalue weighted by molar-refractivity contribution is 14.0. The van der Waals surface area contributed by atoms with Gasteiger partial charge in [0.05, 0.1) is 0 Å². The van der Waals surface area contributed by atoms with Crippen molar-refractivity contribution in [3.05, 3.63) is 0 Å². The quantitative estimate of drug-likeness (QED) is 0.205. The van der Waals surface area contributed by atoms with Gasteiger partial charge in [0.2, 0.25) is 0 Å². The Balaban J connectivity index is 0.00000392. The summed E-state index contributed by atoms with van der Waals surface area (Å²) in [5, 5.41) is 7.11. The summed E-state index contributed by atoms with van der Waals surface area (Å²) in [4.78, 5) is 9.47. The average Bonchev–Trinajstić information content (AvgIpc) is 3.04. The Kier molecular flexibility index (Phi) is 13.7. The van der Waals surface area contributed by atoms with E-state index in [1.807, 2.05) is 7.05 Å². The molecule has 0 bridgehead atoms. The summed E-state index contributed by atoms with van der Waals surface area (Å²) in [5.41, 5.74) is 0.394. The van der Waals surface area contributed by atoms with E-state index in [1.165, 1.54) is 71.2 Å². The van der Waals surface area contributed by atoms with Crippen molar-refractivity contribution in [3.63, 3.8) is 0 Å². The molecule has 7 heteroatoms. The van der Waals surface area contributed by atoms with E-state index in [0.29, 0.717) is 5.41 Å². The number of rotatable bonds is 10. The van der Waals surface area contributed by atoms with E-state index in [2.05, 4.69) is 39.4 Å². The molecule has 2 N–H and O–H groups in total. The van der Waals surface area contributed by atoms with Crippen molar-refractivity contribution >= 4 is 29.9 Å². The number of aliphatic imine (C=N–C) groups is 1. The first-order valence-electron chi connectivity index (χ1n) is 11.1. The minimum Gasteiger partial charge on any atom is -0.382 e. The van der Waals surface area contributed by atoms with Crippen LogP contribution in [0.5, 0.6) is 0 Å². The second kappa shape index (κ2) is 14.8. The van der Waals surface area contributed by atoms with E-state index in [1.54, 1.807) is 0 Å². The maximum Gasteiger partial charge on any atom is 0.190 e. The Morgan fingerprint density at radius 3 is 2.57 bits per heavy atom. The zero-order chi connectivity index (χ0) is 19.4. The highest BCUT2D eigenvalue weighted by Crippen LogP contribution is 2.40. The number of halogens is 1. The van der Waals surface area contributed by atoms with Gasteiger partial charge in [-0.3, -0.25) is 4.99 Å². The summed E-state index contributed by atoms with van der Waals surface area (Å²) in [6.07, 6.45) is 8.95. The molecule has 0 unspecified atom stereocenters. The molecule has 1 heterocycles. The summed E-state index contributed by atoms with van der Waals surface area (Å²) >= 11 is 0. The Morgan fingerprint density at radius 2 is 1.86 bits per heavy atom. The molecular weight excluding hydrogens is 465 g/mol. The van der Waals surface area contributed by atoms with Crippen LogP contribution in [0.2, 0.25) is 0 Å². The van der Waals surface area contributed by atoms with Crippen LogP contribution in [0.4, 0.5) is 0 Å². The van der Waals surface area contributed by atoms with Crippen LogP contribution in [-0.4, -0.2) is 88.9 Å². The predicted molar refractivity (Wildman–Crippen MR) is 130 cm³/mol. The molecule has 2 aliphatic rings. The number of nitrogens with zero attached hydrogens (tertiary/aromatic N) is 3. The van der Waals surface area contributed by atoms with E-state index >= 15 is 0 Å². The monoisotopic (exact) mass is 509 g/mol. The van der Waals surface area contributed by atoms with Crippen molar-refractivity contribution in [1.82, 2.24) is 20.4 Å². The molecule has 0 spiro atoms. The average molecular weight is 510 g/mol. The third kappa shape index (κ3) is 9.59. The lowest BCUT2D eigenvalue weighted by Crippen LogP contribution is -2.44. The second-order valence-corrected chi connectivity index (χ2v) is 8.36. The smallest absolute Gasteiger partial charge is 0.190 e. The summed E-state index contributed by atoms with van der Waals surface area (Å²) < 4.78 is 5.62. The van der Waals surface area contributed by atoms with Gasteiger partial charge in [-0.1, -0.05) is 12.8 Å². The first kappa shape index (κ1) is 25.9. The summed E-state index contributed by atoms with van der Waals surface area (Å²) in [7, 11) is 4.10. The minimum atomic E-state index is 0. The van der Waals surface area contributed by atoms with Gasteiger partial charge >= 0.3 is 0 Å². The molecule has 1 saturated carbocycles. The van der Waals surface area contributed by atoms with Crippen LogP contribution in [0.1, 0.15) is 51.9 Å². The fourth-order valence-electron chi connectivity index (χ4n) is 4.40. The Morgan fingerprint density at radius 1 is 1.07 bits per heavy atom. The largest absolute Gasteiger partial charge is 0.382 e. The van der Waals surface area contributed by atoms with E-state index in [0.717, 1.165) is 38.7 Å². The van der Waals surface area contributed by atoms with Crippen molar-refractivity contribution in [2.24, 2.45) is 10.4 Å². The van der Waals surface area contributed by atoms with Gasteiger partial charge in [-0.15, -0.1) is 24.0 Å². The lowest BCUT2D eigenvalue weighted by molar-refractivity contribution is 0.105. The Bertz CT molecular complexity index is 429. The molecule has 166 valence electrons. The molecule has 0 atom stereocenters. The SMILES string of the molecule is CCOCCC1(CNC(=NC)NCCCN2CCCN(C)CC2)CCCC1.I. The number of guanidine groups is 1. The van der Waals surface area contributed by atoms with Gasteiger partial charge in [0.25, 0.3) is 0 Å². The molecule has 0 aromatic carbocycles. The fraction of sp³-hybridized carbons (Fsp3) is 0.952. The molecule has 1 aliphatic heterocycles.